The summed E-state index contributed by atoms with van der Waals surface area (Å²) < 4.78 is 6.20. The smallest absolute Gasteiger partial charge is 0.122 e. The Morgan fingerprint density at radius 1 is 1.41 bits per heavy atom. The SMILES string of the molecule is COc1cc(Br)cc(NC(C)c2ccn[nH]2)c1. The Labute approximate surface area is 109 Å². The number of rotatable bonds is 4. The largest absolute Gasteiger partial charge is 0.497 e. The summed E-state index contributed by atoms with van der Waals surface area (Å²) >= 11 is 3.45. The van der Waals surface area contributed by atoms with Crippen LogP contribution in [0.2, 0.25) is 0 Å². The summed E-state index contributed by atoms with van der Waals surface area (Å²) in [4.78, 5) is 0. The van der Waals surface area contributed by atoms with Crippen LogP contribution >= 0.6 is 15.9 Å². The van der Waals surface area contributed by atoms with E-state index in [0.717, 1.165) is 21.6 Å². The number of methoxy groups -OCH3 is 1. The van der Waals surface area contributed by atoms with Gasteiger partial charge in [-0.15, -0.1) is 0 Å². The summed E-state index contributed by atoms with van der Waals surface area (Å²) in [5.41, 5.74) is 2.04. The van der Waals surface area contributed by atoms with Gasteiger partial charge < -0.3 is 10.1 Å². The molecule has 1 aromatic carbocycles. The number of benzene rings is 1. The third kappa shape index (κ3) is 3.00. The van der Waals surface area contributed by atoms with Crippen LogP contribution in [-0.4, -0.2) is 17.3 Å². The highest BCUT2D eigenvalue weighted by Gasteiger charge is 2.07. The normalized spacial score (nSPS) is 12.2. The van der Waals surface area contributed by atoms with E-state index < -0.39 is 0 Å². The molecule has 90 valence electrons. The fourth-order valence-electron chi connectivity index (χ4n) is 1.60. The van der Waals surface area contributed by atoms with Crippen molar-refractivity contribution >= 4 is 21.6 Å². The minimum Gasteiger partial charge on any atom is -0.497 e. The Kier molecular flexibility index (Phi) is 3.68. The van der Waals surface area contributed by atoms with E-state index in [-0.39, 0.29) is 6.04 Å². The standard InChI is InChI=1S/C12H14BrN3O/c1-8(12-3-4-14-16-12)15-10-5-9(13)6-11(7-10)17-2/h3-8,15H,1-2H3,(H,14,16). The third-order valence-electron chi connectivity index (χ3n) is 2.48. The van der Waals surface area contributed by atoms with Gasteiger partial charge in [0.05, 0.1) is 18.8 Å². The van der Waals surface area contributed by atoms with Gasteiger partial charge in [0.15, 0.2) is 0 Å². The van der Waals surface area contributed by atoms with Gasteiger partial charge in [-0.3, -0.25) is 5.10 Å². The zero-order valence-corrected chi connectivity index (χ0v) is 11.3. The van der Waals surface area contributed by atoms with Gasteiger partial charge in [0, 0.05) is 22.4 Å². The van der Waals surface area contributed by atoms with E-state index in [1.165, 1.54) is 0 Å². The van der Waals surface area contributed by atoms with Gasteiger partial charge in [-0.05, 0) is 25.1 Å². The molecule has 2 aromatic rings. The lowest BCUT2D eigenvalue weighted by molar-refractivity contribution is 0.414. The van der Waals surface area contributed by atoms with Gasteiger partial charge in [0.25, 0.3) is 0 Å². The molecule has 0 spiro atoms. The van der Waals surface area contributed by atoms with Crippen molar-refractivity contribution in [1.82, 2.24) is 10.2 Å². The molecule has 0 saturated heterocycles. The number of hydrogen-bond donors (Lipinski definition) is 2. The average Bonchev–Trinajstić information content (AvgIpc) is 2.81. The monoisotopic (exact) mass is 295 g/mol. The van der Waals surface area contributed by atoms with E-state index in [2.05, 4.69) is 38.4 Å². The van der Waals surface area contributed by atoms with Gasteiger partial charge in [0.2, 0.25) is 0 Å². The molecule has 0 aliphatic carbocycles. The topological polar surface area (TPSA) is 49.9 Å². The first kappa shape index (κ1) is 12.0. The molecule has 0 saturated carbocycles. The summed E-state index contributed by atoms with van der Waals surface area (Å²) in [6, 6.07) is 8.00. The van der Waals surface area contributed by atoms with Crippen molar-refractivity contribution in [1.29, 1.82) is 0 Å². The summed E-state index contributed by atoms with van der Waals surface area (Å²) in [5.74, 6) is 0.818. The second kappa shape index (κ2) is 5.23. The molecule has 2 N–H and O–H groups in total. The van der Waals surface area contributed by atoms with Crippen molar-refractivity contribution in [2.24, 2.45) is 0 Å². The van der Waals surface area contributed by atoms with Crippen molar-refractivity contribution in [2.75, 3.05) is 12.4 Å². The molecule has 17 heavy (non-hydrogen) atoms. The predicted molar refractivity (Wildman–Crippen MR) is 71.3 cm³/mol. The Bertz CT molecular complexity index is 485. The Hall–Kier alpha value is -1.49. The Morgan fingerprint density at radius 3 is 2.88 bits per heavy atom. The highest BCUT2D eigenvalue weighted by Crippen LogP contribution is 2.26. The summed E-state index contributed by atoms with van der Waals surface area (Å²) in [7, 11) is 1.66. The summed E-state index contributed by atoms with van der Waals surface area (Å²) in [5, 5.41) is 10.3. The molecule has 0 radical (unpaired) electrons. The van der Waals surface area contributed by atoms with Gasteiger partial charge in [-0.2, -0.15) is 5.10 Å². The van der Waals surface area contributed by atoms with Gasteiger partial charge in [-0.25, -0.2) is 0 Å². The van der Waals surface area contributed by atoms with Crippen LogP contribution in [-0.2, 0) is 0 Å². The van der Waals surface area contributed by atoms with Crippen LogP contribution in [0.3, 0.4) is 0 Å². The van der Waals surface area contributed by atoms with Gasteiger partial charge in [-0.1, -0.05) is 15.9 Å². The minimum absolute atomic E-state index is 0.163. The highest BCUT2D eigenvalue weighted by molar-refractivity contribution is 9.10. The van der Waals surface area contributed by atoms with Crippen LogP contribution in [0.4, 0.5) is 5.69 Å². The molecule has 0 fully saturated rings. The lowest BCUT2D eigenvalue weighted by atomic mass is 10.2. The second-order valence-corrected chi connectivity index (χ2v) is 4.67. The molecule has 0 aliphatic rings. The summed E-state index contributed by atoms with van der Waals surface area (Å²) in [6.45, 7) is 2.07. The van der Waals surface area contributed by atoms with E-state index in [4.69, 9.17) is 4.74 Å². The maximum absolute atomic E-state index is 5.22. The first-order valence-corrected chi connectivity index (χ1v) is 6.08. The molecule has 1 atom stereocenters. The van der Waals surface area contributed by atoms with Crippen molar-refractivity contribution < 1.29 is 4.74 Å². The van der Waals surface area contributed by atoms with Gasteiger partial charge >= 0.3 is 0 Å². The molecule has 1 heterocycles. The quantitative estimate of drug-likeness (QED) is 0.909. The molecule has 2 rings (SSSR count). The number of aromatic amines is 1. The van der Waals surface area contributed by atoms with E-state index in [1.54, 1.807) is 13.3 Å². The number of aromatic nitrogens is 2. The lowest BCUT2D eigenvalue weighted by Gasteiger charge is -2.14. The maximum atomic E-state index is 5.22. The number of halogens is 1. The van der Waals surface area contributed by atoms with Crippen LogP contribution < -0.4 is 10.1 Å². The molecule has 0 bridgehead atoms. The fourth-order valence-corrected chi connectivity index (χ4v) is 2.07. The van der Waals surface area contributed by atoms with E-state index >= 15 is 0 Å². The first-order valence-electron chi connectivity index (χ1n) is 5.29. The predicted octanol–water partition coefficient (Wildman–Crippen LogP) is 3.35. The van der Waals surface area contributed by atoms with Crippen molar-refractivity contribution in [3.05, 3.63) is 40.6 Å². The molecular formula is C12H14BrN3O. The number of ether oxygens (including phenoxy) is 1. The highest BCUT2D eigenvalue weighted by atomic mass is 79.9. The van der Waals surface area contributed by atoms with Crippen molar-refractivity contribution in [3.8, 4) is 5.75 Å². The number of nitrogens with zero attached hydrogens (tertiary/aromatic N) is 1. The minimum atomic E-state index is 0.163. The van der Waals surface area contributed by atoms with E-state index in [9.17, 15) is 0 Å². The number of hydrogen-bond acceptors (Lipinski definition) is 3. The molecular weight excluding hydrogens is 282 g/mol. The van der Waals surface area contributed by atoms with Crippen LogP contribution in [0.25, 0.3) is 0 Å². The molecule has 0 aliphatic heterocycles. The van der Waals surface area contributed by atoms with Crippen molar-refractivity contribution in [3.63, 3.8) is 0 Å². The number of H-pyrrole nitrogens is 1. The van der Waals surface area contributed by atoms with Crippen LogP contribution in [0, 0.1) is 0 Å². The fraction of sp³-hybridized carbons (Fsp3) is 0.250. The van der Waals surface area contributed by atoms with Crippen LogP contribution in [0.5, 0.6) is 5.75 Å². The Balaban J connectivity index is 2.15. The van der Waals surface area contributed by atoms with E-state index in [0.29, 0.717) is 0 Å². The third-order valence-corrected chi connectivity index (χ3v) is 2.94. The maximum Gasteiger partial charge on any atom is 0.122 e. The van der Waals surface area contributed by atoms with E-state index in [1.807, 2.05) is 24.3 Å². The molecule has 4 nitrogen and oxygen atoms in total. The van der Waals surface area contributed by atoms with Crippen LogP contribution in [0.15, 0.2) is 34.9 Å². The number of anilines is 1. The average molecular weight is 296 g/mol. The zero-order chi connectivity index (χ0) is 12.3. The Morgan fingerprint density at radius 2 is 2.24 bits per heavy atom. The molecule has 1 unspecified atom stereocenters. The molecule has 0 amide bonds. The first-order chi connectivity index (χ1) is 8.19. The zero-order valence-electron chi connectivity index (χ0n) is 9.70. The van der Waals surface area contributed by atoms with Crippen LogP contribution in [0.1, 0.15) is 18.7 Å². The summed E-state index contributed by atoms with van der Waals surface area (Å²) in [6.07, 6.45) is 1.75. The number of nitrogens with one attached hydrogen (secondary N) is 2. The molecule has 5 heteroatoms. The van der Waals surface area contributed by atoms with Crippen molar-refractivity contribution in [2.45, 2.75) is 13.0 Å². The lowest BCUT2D eigenvalue weighted by Crippen LogP contribution is -2.07. The second-order valence-electron chi connectivity index (χ2n) is 3.76. The molecule has 1 aromatic heterocycles. The van der Waals surface area contributed by atoms with Gasteiger partial charge in [0.1, 0.15) is 5.75 Å².